The molecule has 0 unspecified atom stereocenters. The number of nitrogens with one attached hydrogen (secondary N) is 1. The average molecular weight is 342 g/mol. The molecule has 0 aliphatic rings. The van der Waals surface area contributed by atoms with Crippen molar-refractivity contribution in [3.63, 3.8) is 0 Å². The molecule has 0 fully saturated rings. The van der Waals surface area contributed by atoms with Crippen LogP contribution in [-0.4, -0.2) is 25.3 Å². The van der Waals surface area contributed by atoms with Gasteiger partial charge in [-0.05, 0) is 48.5 Å². The van der Waals surface area contributed by atoms with Gasteiger partial charge in [0.2, 0.25) is 5.88 Å². The van der Waals surface area contributed by atoms with Crippen molar-refractivity contribution in [1.29, 1.82) is 0 Å². The van der Waals surface area contributed by atoms with Crippen molar-refractivity contribution >= 4 is 17.5 Å². The fraction of sp³-hybridized carbons (Fsp3) is 0.111. The maximum absolute atomic E-state index is 13.1. The topological polar surface area (TPSA) is 73.6 Å². The van der Waals surface area contributed by atoms with E-state index in [2.05, 4.69) is 10.5 Å². The van der Waals surface area contributed by atoms with E-state index in [1.54, 1.807) is 31.4 Å². The maximum Gasteiger partial charge on any atom is 0.345 e. The highest BCUT2D eigenvalue weighted by Crippen LogP contribution is 2.32. The summed E-state index contributed by atoms with van der Waals surface area (Å²) >= 11 is 0. The Hall–Kier alpha value is -3.35. The van der Waals surface area contributed by atoms with Crippen LogP contribution in [0.25, 0.3) is 11.3 Å². The number of benzene rings is 2. The van der Waals surface area contributed by atoms with Crippen LogP contribution in [0, 0.1) is 5.82 Å². The van der Waals surface area contributed by atoms with E-state index >= 15 is 0 Å². The van der Waals surface area contributed by atoms with E-state index in [4.69, 9.17) is 14.0 Å². The van der Waals surface area contributed by atoms with E-state index in [0.29, 0.717) is 17.0 Å². The molecular formula is C18H15FN2O4. The van der Waals surface area contributed by atoms with Crippen LogP contribution in [-0.2, 0) is 4.74 Å². The summed E-state index contributed by atoms with van der Waals surface area (Å²) in [7, 11) is 2.84. The van der Waals surface area contributed by atoms with Gasteiger partial charge in [-0.15, -0.1) is 0 Å². The van der Waals surface area contributed by atoms with Gasteiger partial charge >= 0.3 is 5.97 Å². The molecule has 0 atom stereocenters. The first kappa shape index (κ1) is 16.5. The molecule has 0 spiro atoms. The maximum atomic E-state index is 13.1. The van der Waals surface area contributed by atoms with Crippen molar-refractivity contribution in [3.8, 4) is 17.0 Å². The summed E-state index contributed by atoms with van der Waals surface area (Å²) in [6.45, 7) is 0. The molecule has 0 aliphatic carbocycles. The highest BCUT2D eigenvalue weighted by atomic mass is 19.1. The van der Waals surface area contributed by atoms with Gasteiger partial charge in [-0.3, -0.25) is 0 Å². The van der Waals surface area contributed by atoms with Gasteiger partial charge in [0.1, 0.15) is 17.3 Å². The molecule has 0 amide bonds. The zero-order valence-corrected chi connectivity index (χ0v) is 13.6. The minimum Gasteiger partial charge on any atom is -0.497 e. The molecule has 7 heteroatoms. The second kappa shape index (κ2) is 7.04. The number of methoxy groups -OCH3 is 2. The molecule has 3 rings (SSSR count). The van der Waals surface area contributed by atoms with Crippen molar-refractivity contribution in [1.82, 2.24) is 5.16 Å². The number of rotatable bonds is 5. The SMILES string of the molecule is COC(=O)c1c(-c2ccc(F)cc2)noc1Nc1ccc(OC)cc1. The zero-order valence-electron chi connectivity index (χ0n) is 13.6. The predicted octanol–water partition coefficient (Wildman–Crippen LogP) is 4.02. The first-order valence-corrected chi connectivity index (χ1v) is 7.37. The third-order valence-electron chi connectivity index (χ3n) is 3.55. The quantitative estimate of drug-likeness (QED) is 0.706. The Morgan fingerprint density at radius 1 is 1.08 bits per heavy atom. The van der Waals surface area contributed by atoms with Crippen LogP contribution in [0.4, 0.5) is 16.0 Å². The molecule has 0 saturated carbocycles. The number of esters is 1. The van der Waals surface area contributed by atoms with Crippen LogP contribution in [0.1, 0.15) is 10.4 Å². The molecule has 6 nitrogen and oxygen atoms in total. The molecule has 1 N–H and O–H groups in total. The van der Waals surface area contributed by atoms with Gasteiger partial charge in [-0.1, -0.05) is 5.16 Å². The Morgan fingerprint density at radius 3 is 2.36 bits per heavy atom. The lowest BCUT2D eigenvalue weighted by Gasteiger charge is -2.06. The lowest BCUT2D eigenvalue weighted by atomic mass is 10.1. The van der Waals surface area contributed by atoms with E-state index in [1.165, 1.54) is 31.4 Å². The lowest BCUT2D eigenvalue weighted by Crippen LogP contribution is -2.05. The molecule has 3 aromatic rings. The molecule has 0 aliphatic heterocycles. The van der Waals surface area contributed by atoms with Crippen LogP contribution in [0.15, 0.2) is 53.1 Å². The van der Waals surface area contributed by atoms with Crippen molar-refractivity contribution in [2.24, 2.45) is 0 Å². The Kier molecular flexibility index (Phi) is 4.65. The number of aromatic nitrogens is 1. The lowest BCUT2D eigenvalue weighted by molar-refractivity contribution is 0.0602. The Morgan fingerprint density at radius 2 is 1.76 bits per heavy atom. The van der Waals surface area contributed by atoms with Gasteiger partial charge in [-0.2, -0.15) is 0 Å². The molecule has 0 radical (unpaired) electrons. The summed E-state index contributed by atoms with van der Waals surface area (Å²) in [6, 6.07) is 12.6. The number of carbonyl (C=O) groups excluding carboxylic acids is 1. The van der Waals surface area contributed by atoms with Gasteiger partial charge in [0.15, 0.2) is 5.56 Å². The van der Waals surface area contributed by atoms with Crippen LogP contribution in [0.3, 0.4) is 0 Å². The molecule has 1 heterocycles. The second-order valence-corrected chi connectivity index (χ2v) is 5.09. The molecule has 0 bridgehead atoms. The summed E-state index contributed by atoms with van der Waals surface area (Å²) in [5.41, 5.74) is 1.61. The fourth-order valence-corrected chi connectivity index (χ4v) is 2.28. The smallest absolute Gasteiger partial charge is 0.345 e. The highest BCUT2D eigenvalue weighted by molar-refractivity contribution is 6.01. The molecule has 2 aromatic carbocycles. The first-order valence-electron chi connectivity index (χ1n) is 7.37. The monoisotopic (exact) mass is 342 g/mol. The summed E-state index contributed by atoms with van der Waals surface area (Å²) in [6.07, 6.45) is 0. The van der Waals surface area contributed by atoms with Crippen LogP contribution < -0.4 is 10.1 Å². The summed E-state index contributed by atoms with van der Waals surface area (Å²) in [4.78, 5) is 12.2. The predicted molar refractivity (Wildman–Crippen MR) is 89.5 cm³/mol. The van der Waals surface area contributed by atoms with Gasteiger partial charge in [-0.25, -0.2) is 9.18 Å². The molecule has 1 aromatic heterocycles. The van der Waals surface area contributed by atoms with Crippen LogP contribution >= 0.6 is 0 Å². The average Bonchev–Trinajstić information content (AvgIpc) is 3.06. The number of anilines is 2. The molecule has 128 valence electrons. The van der Waals surface area contributed by atoms with Crippen molar-refractivity contribution in [2.75, 3.05) is 19.5 Å². The Balaban J connectivity index is 1.98. The van der Waals surface area contributed by atoms with E-state index in [0.717, 1.165) is 0 Å². The van der Waals surface area contributed by atoms with Crippen LogP contribution in [0.5, 0.6) is 5.75 Å². The Labute approximate surface area is 143 Å². The third kappa shape index (κ3) is 3.45. The largest absolute Gasteiger partial charge is 0.497 e. The minimum atomic E-state index is -0.614. The van der Waals surface area contributed by atoms with Crippen molar-refractivity contribution < 1.29 is 23.2 Å². The first-order chi connectivity index (χ1) is 12.1. The number of nitrogens with zero attached hydrogens (tertiary/aromatic N) is 1. The number of halogens is 1. The van der Waals surface area contributed by atoms with Gasteiger partial charge in [0.05, 0.1) is 14.2 Å². The van der Waals surface area contributed by atoms with Gasteiger partial charge in [0.25, 0.3) is 0 Å². The summed E-state index contributed by atoms with van der Waals surface area (Å²) in [5, 5.41) is 6.91. The molecule has 25 heavy (non-hydrogen) atoms. The third-order valence-corrected chi connectivity index (χ3v) is 3.55. The molecular weight excluding hydrogens is 327 g/mol. The number of hydrogen-bond donors (Lipinski definition) is 1. The van der Waals surface area contributed by atoms with E-state index in [1.807, 2.05) is 0 Å². The van der Waals surface area contributed by atoms with E-state index in [-0.39, 0.29) is 23.0 Å². The standard InChI is InChI=1S/C18H15FN2O4/c1-23-14-9-7-13(8-10-14)20-17-15(18(22)24-2)16(21-25-17)11-3-5-12(19)6-4-11/h3-10,20H,1-2H3. The van der Waals surface area contributed by atoms with Crippen molar-refractivity contribution in [3.05, 3.63) is 59.9 Å². The van der Waals surface area contributed by atoms with Crippen LogP contribution in [0.2, 0.25) is 0 Å². The summed E-state index contributed by atoms with van der Waals surface area (Å²) in [5.74, 6) is -0.167. The summed E-state index contributed by atoms with van der Waals surface area (Å²) < 4.78 is 28.3. The van der Waals surface area contributed by atoms with E-state index in [9.17, 15) is 9.18 Å². The van der Waals surface area contributed by atoms with E-state index < -0.39 is 5.97 Å². The zero-order chi connectivity index (χ0) is 17.8. The van der Waals surface area contributed by atoms with Gasteiger partial charge in [0, 0.05) is 11.3 Å². The number of hydrogen-bond acceptors (Lipinski definition) is 6. The van der Waals surface area contributed by atoms with Crippen molar-refractivity contribution in [2.45, 2.75) is 0 Å². The number of ether oxygens (including phenoxy) is 2. The minimum absolute atomic E-state index is 0.130. The Bertz CT molecular complexity index is 873. The fourth-order valence-electron chi connectivity index (χ4n) is 2.28. The van der Waals surface area contributed by atoms with Gasteiger partial charge < -0.3 is 19.3 Å². The highest BCUT2D eigenvalue weighted by Gasteiger charge is 2.25. The number of carbonyl (C=O) groups is 1. The molecule has 0 saturated heterocycles. The second-order valence-electron chi connectivity index (χ2n) is 5.09. The normalized spacial score (nSPS) is 10.4.